The van der Waals surface area contributed by atoms with Crippen LogP contribution in [-0.4, -0.2) is 40.8 Å². The molecule has 0 saturated carbocycles. The molecule has 16 heavy (non-hydrogen) atoms. The minimum absolute atomic E-state index is 0.0376. The molecule has 0 aliphatic carbocycles. The van der Waals surface area contributed by atoms with Gasteiger partial charge in [0, 0.05) is 7.05 Å². The van der Waals surface area contributed by atoms with E-state index >= 15 is 0 Å². The van der Waals surface area contributed by atoms with Gasteiger partial charge in [-0.05, 0) is 13.8 Å². The van der Waals surface area contributed by atoms with Crippen molar-refractivity contribution in [3.63, 3.8) is 0 Å². The Kier molecular flexibility index (Phi) is 3.66. The monoisotopic (exact) mass is 262 g/mol. The van der Waals surface area contributed by atoms with Crippen LogP contribution < -0.4 is 5.73 Å². The first-order valence-electron chi connectivity index (χ1n) is 4.55. The van der Waals surface area contributed by atoms with E-state index in [2.05, 4.69) is 9.97 Å². The molecule has 0 aromatic carbocycles. The molecule has 0 spiro atoms. The van der Waals surface area contributed by atoms with Gasteiger partial charge in [0.15, 0.2) is 5.03 Å². The molecule has 0 saturated heterocycles. The van der Waals surface area contributed by atoms with Crippen LogP contribution in [0.1, 0.15) is 12.7 Å². The number of nitrogens with zero attached hydrogens (tertiary/aromatic N) is 2. The minimum Gasteiger partial charge on any atom is -0.392 e. The molecular weight excluding hydrogens is 248 g/mol. The van der Waals surface area contributed by atoms with Crippen LogP contribution in [0.3, 0.4) is 0 Å². The summed E-state index contributed by atoms with van der Waals surface area (Å²) in [7, 11) is -2.19. The van der Waals surface area contributed by atoms with Crippen LogP contribution in [0.15, 0.2) is 11.2 Å². The Morgan fingerprint density at radius 3 is 2.62 bits per heavy atom. The third-order valence-corrected chi connectivity index (χ3v) is 4.47. The molecule has 0 bridgehead atoms. The number of rotatable bonds is 4. The summed E-state index contributed by atoms with van der Waals surface area (Å²) < 4.78 is 25.2. The summed E-state index contributed by atoms with van der Waals surface area (Å²) in [4.78, 5) is 6.64. The van der Waals surface area contributed by atoms with Crippen molar-refractivity contribution >= 4 is 27.2 Å². The van der Waals surface area contributed by atoms with Gasteiger partial charge in [-0.25, -0.2) is 13.4 Å². The van der Waals surface area contributed by atoms with E-state index in [0.717, 1.165) is 4.31 Å². The number of aryl methyl sites for hydroxylation is 1. The maximum atomic E-state index is 12.0. The summed E-state index contributed by atoms with van der Waals surface area (Å²) in [5, 5.41) is 0.0376. The second-order valence-electron chi connectivity index (χ2n) is 3.43. The van der Waals surface area contributed by atoms with E-state index in [1.807, 2.05) is 0 Å². The fourth-order valence-corrected chi connectivity index (χ4v) is 2.60. The average molecular weight is 262 g/mol. The maximum Gasteiger partial charge on any atom is 0.260 e. The smallest absolute Gasteiger partial charge is 0.260 e. The summed E-state index contributed by atoms with van der Waals surface area (Å²) in [5.41, 5.74) is 5.42. The highest BCUT2D eigenvalue weighted by Gasteiger charge is 2.28. The average Bonchev–Trinajstić information content (AvgIpc) is 2.62. The Balaban J connectivity index is 3.08. The molecule has 6 nitrogen and oxygen atoms in total. The number of likely N-dealkylation sites (N-methyl/N-ethyl adjacent to an activating group) is 1. The van der Waals surface area contributed by atoms with E-state index < -0.39 is 16.1 Å². The van der Waals surface area contributed by atoms with Gasteiger partial charge < -0.3 is 10.7 Å². The zero-order chi connectivity index (χ0) is 12.5. The molecule has 1 heterocycles. The third-order valence-electron chi connectivity index (χ3n) is 2.29. The molecule has 0 fully saturated rings. The van der Waals surface area contributed by atoms with Gasteiger partial charge in [-0.1, -0.05) is 12.2 Å². The molecule has 0 radical (unpaired) electrons. The lowest BCUT2D eigenvalue weighted by molar-refractivity contribution is 0.449. The number of hydrogen-bond acceptors (Lipinski definition) is 4. The fraction of sp³-hybridized carbons (Fsp3) is 0.500. The first kappa shape index (κ1) is 13.1. The van der Waals surface area contributed by atoms with Gasteiger partial charge >= 0.3 is 0 Å². The van der Waals surface area contributed by atoms with Crippen LogP contribution >= 0.6 is 12.2 Å². The number of sulfonamides is 1. The van der Waals surface area contributed by atoms with Crippen molar-refractivity contribution in [1.29, 1.82) is 0 Å². The number of aromatic amines is 1. The standard InChI is InChI=1S/C8H14N4O2S2/c1-5(8(9)15)12(3)16(13,14)7-4-10-6(2)11-7/h4-5H,1-3H3,(H2,9,15)(H,10,11). The largest absolute Gasteiger partial charge is 0.392 e. The summed E-state index contributed by atoms with van der Waals surface area (Å²) in [6.07, 6.45) is 1.27. The molecule has 0 amide bonds. The van der Waals surface area contributed by atoms with Gasteiger partial charge in [0.2, 0.25) is 0 Å². The van der Waals surface area contributed by atoms with Crippen LogP contribution in [0.2, 0.25) is 0 Å². The van der Waals surface area contributed by atoms with Gasteiger partial charge in [-0.2, -0.15) is 4.31 Å². The Morgan fingerprint density at radius 2 is 2.25 bits per heavy atom. The second-order valence-corrected chi connectivity index (χ2v) is 5.87. The van der Waals surface area contributed by atoms with E-state index in [1.165, 1.54) is 13.2 Å². The summed E-state index contributed by atoms with van der Waals surface area (Å²) in [6.45, 7) is 3.30. The number of aromatic nitrogens is 2. The van der Waals surface area contributed by atoms with Crippen LogP contribution in [0, 0.1) is 6.92 Å². The van der Waals surface area contributed by atoms with E-state index in [-0.39, 0.29) is 10.0 Å². The SMILES string of the molecule is Cc1ncc(S(=O)(=O)N(C)C(C)C(N)=S)[nH]1. The number of hydrogen-bond donors (Lipinski definition) is 2. The van der Waals surface area contributed by atoms with Gasteiger partial charge in [0.05, 0.1) is 17.2 Å². The number of nitrogens with two attached hydrogens (primary N) is 1. The van der Waals surface area contributed by atoms with Gasteiger partial charge in [-0.3, -0.25) is 0 Å². The molecule has 1 rings (SSSR count). The van der Waals surface area contributed by atoms with Crippen molar-refractivity contribution in [3.8, 4) is 0 Å². The fourth-order valence-electron chi connectivity index (χ4n) is 1.07. The lowest BCUT2D eigenvalue weighted by atomic mass is 10.3. The first-order valence-corrected chi connectivity index (χ1v) is 6.40. The van der Waals surface area contributed by atoms with Crippen LogP contribution in [0.25, 0.3) is 0 Å². The lowest BCUT2D eigenvalue weighted by Crippen LogP contribution is -2.42. The topological polar surface area (TPSA) is 92.1 Å². The first-order chi connectivity index (χ1) is 7.26. The van der Waals surface area contributed by atoms with Crippen molar-refractivity contribution in [2.24, 2.45) is 5.73 Å². The molecule has 1 atom stereocenters. The molecule has 90 valence electrons. The van der Waals surface area contributed by atoms with Crippen molar-refractivity contribution in [1.82, 2.24) is 14.3 Å². The molecule has 3 N–H and O–H groups in total. The number of nitrogens with one attached hydrogen (secondary N) is 1. The molecule has 0 aliphatic rings. The van der Waals surface area contributed by atoms with Crippen molar-refractivity contribution in [3.05, 3.63) is 12.0 Å². The highest BCUT2D eigenvalue weighted by molar-refractivity contribution is 7.89. The predicted octanol–water partition coefficient (Wildman–Crippen LogP) is 0.0132. The number of H-pyrrole nitrogens is 1. The van der Waals surface area contributed by atoms with E-state index in [0.29, 0.717) is 5.82 Å². The van der Waals surface area contributed by atoms with E-state index in [9.17, 15) is 8.42 Å². The number of imidazole rings is 1. The van der Waals surface area contributed by atoms with Crippen LogP contribution in [-0.2, 0) is 10.0 Å². The predicted molar refractivity (Wildman–Crippen MR) is 64.5 cm³/mol. The highest BCUT2D eigenvalue weighted by Crippen LogP contribution is 2.14. The van der Waals surface area contributed by atoms with Gasteiger partial charge in [0.25, 0.3) is 10.0 Å². The Hall–Kier alpha value is -0.990. The van der Waals surface area contributed by atoms with Crippen molar-refractivity contribution in [2.75, 3.05) is 7.05 Å². The molecule has 1 unspecified atom stereocenters. The molecule has 1 aromatic heterocycles. The van der Waals surface area contributed by atoms with E-state index in [1.54, 1.807) is 13.8 Å². The molecule has 1 aromatic rings. The second kappa shape index (κ2) is 4.48. The Bertz CT molecular complexity index is 494. The van der Waals surface area contributed by atoms with Crippen molar-refractivity contribution in [2.45, 2.75) is 24.9 Å². The van der Waals surface area contributed by atoms with Gasteiger partial charge in [0.1, 0.15) is 5.82 Å². The maximum absolute atomic E-state index is 12.0. The summed E-state index contributed by atoms with van der Waals surface area (Å²) in [6, 6.07) is -0.538. The third kappa shape index (κ3) is 2.39. The lowest BCUT2D eigenvalue weighted by Gasteiger charge is -2.22. The van der Waals surface area contributed by atoms with Gasteiger partial charge in [-0.15, -0.1) is 0 Å². The van der Waals surface area contributed by atoms with E-state index in [4.69, 9.17) is 18.0 Å². The Labute approximate surface area is 99.9 Å². The quantitative estimate of drug-likeness (QED) is 0.746. The summed E-state index contributed by atoms with van der Waals surface area (Å²) in [5.74, 6) is 0.537. The molecule has 8 heteroatoms. The minimum atomic E-state index is -3.61. The number of thiocarbonyl (C=S) groups is 1. The van der Waals surface area contributed by atoms with Crippen molar-refractivity contribution < 1.29 is 8.42 Å². The Morgan fingerprint density at radius 1 is 1.69 bits per heavy atom. The normalized spacial score (nSPS) is 14.0. The zero-order valence-corrected chi connectivity index (χ0v) is 10.9. The molecule has 0 aliphatic heterocycles. The molecular formula is C8H14N4O2S2. The summed E-state index contributed by atoms with van der Waals surface area (Å²) >= 11 is 4.76. The van der Waals surface area contributed by atoms with Crippen LogP contribution in [0.4, 0.5) is 0 Å². The zero-order valence-electron chi connectivity index (χ0n) is 9.26. The van der Waals surface area contributed by atoms with Crippen LogP contribution in [0.5, 0.6) is 0 Å². The highest BCUT2D eigenvalue weighted by atomic mass is 32.2.